The topological polar surface area (TPSA) is 56.7 Å². The van der Waals surface area contributed by atoms with Crippen LogP contribution in [0.3, 0.4) is 0 Å². The molecule has 5 heteroatoms. The van der Waals surface area contributed by atoms with E-state index >= 15 is 0 Å². The second-order valence-electron chi connectivity index (χ2n) is 8.13. The highest BCUT2D eigenvalue weighted by atomic mass is 16.3. The molecule has 1 unspecified atom stereocenters. The van der Waals surface area contributed by atoms with Crippen LogP contribution in [0.15, 0.2) is 48.7 Å². The zero-order chi connectivity index (χ0) is 19.0. The Hall–Kier alpha value is -2.40. The zero-order valence-corrected chi connectivity index (χ0v) is 16.0. The third-order valence-electron chi connectivity index (χ3n) is 6.21. The number of carbonyl (C=O) groups excluding carboxylic acids is 1. The molecule has 0 bridgehead atoms. The SMILES string of the molecule is CC(C)N1CC2(CCN(C(=O)c3ccccn3)CC2)C1c1ccc(O)cc1. The summed E-state index contributed by atoms with van der Waals surface area (Å²) in [7, 11) is 0. The van der Waals surface area contributed by atoms with Gasteiger partial charge in [-0.05, 0) is 56.5 Å². The Bertz CT molecular complexity index is 796. The molecule has 1 aromatic carbocycles. The molecule has 2 aromatic rings. The van der Waals surface area contributed by atoms with Crippen LogP contribution in [0.1, 0.15) is 48.8 Å². The van der Waals surface area contributed by atoms with Crippen molar-refractivity contribution in [2.24, 2.45) is 5.41 Å². The van der Waals surface area contributed by atoms with Gasteiger partial charge >= 0.3 is 0 Å². The van der Waals surface area contributed by atoms with E-state index in [9.17, 15) is 9.90 Å². The summed E-state index contributed by atoms with van der Waals surface area (Å²) >= 11 is 0. The highest BCUT2D eigenvalue weighted by molar-refractivity contribution is 5.92. The average molecular weight is 365 g/mol. The molecule has 3 heterocycles. The Morgan fingerprint density at radius 3 is 2.44 bits per heavy atom. The molecule has 0 aliphatic carbocycles. The largest absolute Gasteiger partial charge is 0.508 e. The summed E-state index contributed by atoms with van der Waals surface area (Å²) < 4.78 is 0. The minimum Gasteiger partial charge on any atom is -0.508 e. The number of phenolic OH excluding ortho intramolecular Hbond substituents is 1. The van der Waals surface area contributed by atoms with Gasteiger partial charge in [-0.3, -0.25) is 14.7 Å². The maximum absolute atomic E-state index is 12.7. The lowest BCUT2D eigenvalue weighted by atomic mass is 9.62. The molecule has 1 aromatic heterocycles. The first-order valence-corrected chi connectivity index (χ1v) is 9.75. The van der Waals surface area contributed by atoms with E-state index in [2.05, 4.69) is 23.7 Å². The number of amides is 1. The van der Waals surface area contributed by atoms with E-state index in [4.69, 9.17) is 0 Å². The lowest BCUT2D eigenvalue weighted by Crippen LogP contribution is -2.64. The molecule has 1 N–H and O–H groups in total. The number of hydrogen-bond donors (Lipinski definition) is 1. The second-order valence-corrected chi connectivity index (χ2v) is 8.13. The van der Waals surface area contributed by atoms with Crippen LogP contribution in [-0.4, -0.2) is 51.5 Å². The molecule has 4 rings (SSSR count). The van der Waals surface area contributed by atoms with Crippen LogP contribution < -0.4 is 0 Å². The number of nitrogens with zero attached hydrogens (tertiary/aromatic N) is 3. The van der Waals surface area contributed by atoms with Crippen LogP contribution in [0.25, 0.3) is 0 Å². The van der Waals surface area contributed by atoms with Gasteiger partial charge in [0.25, 0.3) is 5.91 Å². The maximum atomic E-state index is 12.7. The van der Waals surface area contributed by atoms with Gasteiger partial charge in [0.05, 0.1) is 0 Å². The van der Waals surface area contributed by atoms with Gasteiger partial charge in [0.2, 0.25) is 0 Å². The van der Waals surface area contributed by atoms with Gasteiger partial charge in [-0.25, -0.2) is 0 Å². The predicted molar refractivity (Wildman–Crippen MR) is 104 cm³/mol. The zero-order valence-electron chi connectivity index (χ0n) is 16.0. The van der Waals surface area contributed by atoms with Crippen molar-refractivity contribution in [3.63, 3.8) is 0 Å². The minimum absolute atomic E-state index is 0.0340. The van der Waals surface area contributed by atoms with Gasteiger partial charge < -0.3 is 10.0 Å². The Kier molecular flexibility index (Phi) is 4.64. The minimum atomic E-state index is 0.0340. The molecule has 27 heavy (non-hydrogen) atoms. The number of carbonyl (C=O) groups is 1. The Morgan fingerprint density at radius 2 is 1.85 bits per heavy atom. The lowest BCUT2D eigenvalue weighted by Gasteiger charge is -2.62. The summed E-state index contributed by atoms with van der Waals surface area (Å²) in [6.07, 6.45) is 3.67. The molecule has 5 nitrogen and oxygen atoms in total. The summed E-state index contributed by atoms with van der Waals surface area (Å²) in [6, 6.07) is 13.9. The molecule has 2 fully saturated rings. The fourth-order valence-electron chi connectivity index (χ4n) is 4.70. The molecule has 2 saturated heterocycles. The van der Waals surface area contributed by atoms with Crippen molar-refractivity contribution in [1.82, 2.24) is 14.8 Å². The summed E-state index contributed by atoms with van der Waals surface area (Å²) in [6.45, 7) is 7.09. The van der Waals surface area contributed by atoms with E-state index in [-0.39, 0.29) is 11.3 Å². The summed E-state index contributed by atoms with van der Waals surface area (Å²) in [5.41, 5.74) is 2.00. The number of pyridine rings is 1. The number of likely N-dealkylation sites (tertiary alicyclic amines) is 2. The van der Waals surface area contributed by atoms with E-state index in [0.29, 0.717) is 23.5 Å². The molecule has 2 aliphatic heterocycles. The highest BCUT2D eigenvalue weighted by Gasteiger charge is 2.54. The molecular weight excluding hydrogens is 338 g/mol. The Labute approximate surface area is 160 Å². The number of aromatic nitrogens is 1. The summed E-state index contributed by atoms with van der Waals surface area (Å²) in [5.74, 6) is 0.339. The Morgan fingerprint density at radius 1 is 1.15 bits per heavy atom. The lowest BCUT2D eigenvalue weighted by molar-refractivity contribution is -0.124. The molecule has 2 aliphatic rings. The van der Waals surface area contributed by atoms with E-state index < -0.39 is 0 Å². The normalized spacial score (nSPS) is 22.0. The van der Waals surface area contributed by atoms with Crippen LogP contribution in [0.5, 0.6) is 5.75 Å². The third kappa shape index (κ3) is 3.21. The summed E-state index contributed by atoms with van der Waals surface area (Å²) in [4.78, 5) is 21.4. The molecular formula is C22H27N3O2. The van der Waals surface area contributed by atoms with Crippen molar-refractivity contribution in [3.05, 3.63) is 59.9 Å². The van der Waals surface area contributed by atoms with Crippen molar-refractivity contribution in [2.75, 3.05) is 19.6 Å². The van der Waals surface area contributed by atoms with Gasteiger partial charge in [-0.2, -0.15) is 0 Å². The van der Waals surface area contributed by atoms with Crippen molar-refractivity contribution < 1.29 is 9.90 Å². The first kappa shape index (κ1) is 18.0. The maximum Gasteiger partial charge on any atom is 0.272 e. The predicted octanol–water partition coefficient (Wildman–Crippen LogP) is 3.47. The standard InChI is InChI=1S/C22H27N3O2/c1-16(2)25-15-22(20(25)17-6-8-18(26)9-7-17)10-13-24(14-11-22)21(27)19-5-3-4-12-23-19/h3-9,12,16,20,26H,10-11,13-15H2,1-2H3. The fourth-order valence-corrected chi connectivity index (χ4v) is 4.70. The molecule has 0 radical (unpaired) electrons. The first-order valence-electron chi connectivity index (χ1n) is 9.75. The smallest absolute Gasteiger partial charge is 0.272 e. The van der Waals surface area contributed by atoms with E-state index in [1.807, 2.05) is 29.2 Å². The fraction of sp³-hybridized carbons (Fsp3) is 0.455. The van der Waals surface area contributed by atoms with Gasteiger partial charge in [-0.15, -0.1) is 0 Å². The van der Waals surface area contributed by atoms with E-state index in [1.165, 1.54) is 5.56 Å². The van der Waals surface area contributed by atoms with Gasteiger partial charge in [0.15, 0.2) is 0 Å². The van der Waals surface area contributed by atoms with Crippen LogP contribution in [0.4, 0.5) is 0 Å². The monoisotopic (exact) mass is 365 g/mol. The quantitative estimate of drug-likeness (QED) is 0.905. The molecule has 1 atom stereocenters. The number of rotatable bonds is 3. The Balaban J connectivity index is 1.51. The third-order valence-corrected chi connectivity index (χ3v) is 6.21. The molecule has 142 valence electrons. The van der Waals surface area contributed by atoms with Crippen molar-refractivity contribution >= 4 is 5.91 Å². The van der Waals surface area contributed by atoms with Crippen molar-refractivity contribution in [2.45, 2.75) is 38.8 Å². The van der Waals surface area contributed by atoms with Gasteiger partial charge in [0.1, 0.15) is 11.4 Å². The van der Waals surface area contributed by atoms with E-state index in [0.717, 1.165) is 32.5 Å². The number of piperidine rings is 1. The van der Waals surface area contributed by atoms with Crippen molar-refractivity contribution in [1.29, 1.82) is 0 Å². The van der Waals surface area contributed by atoms with E-state index in [1.54, 1.807) is 24.4 Å². The van der Waals surface area contributed by atoms with Gasteiger partial charge in [-0.1, -0.05) is 18.2 Å². The van der Waals surface area contributed by atoms with Crippen LogP contribution >= 0.6 is 0 Å². The van der Waals surface area contributed by atoms with Crippen LogP contribution in [-0.2, 0) is 0 Å². The second kappa shape index (κ2) is 6.97. The number of phenols is 1. The molecule has 1 spiro atoms. The van der Waals surface area contributed by atoms with Gasteiger partial charge in [0, 0.05) is 43.3 Å². The first-order chi connectivity index (χ1) is 13.0. The van der Waals surface area contributed by atoms with Crippen molar-refractivity contribution in [3.8, 4) is 5.75 Å². The molecule has 1 amide bonds. The average Bonchev–Trinajstić information content (AvgIpc) is 2.68. The number of benzene rings is 1. The van der Waals surface area contributed by atoms with Crippen LogP contribution in [0.2, 0.25) is 0 Å². The van der Waals surface area contributed by atoms with Crippen LogP contribution in [0, 0.1) is 5.41 Å². The number of aromatic hydroxyl groups is 1. The highest BCUT2D eigenvalue weighted by Crippen LogP contribution is 2.55. The molecule has 0 saturated carbocycles. The summed E-state index contributed by atoms with van der Waals surface area (Å²) in [5, 5.41) is 9.65. The number of hydrogen-bond acceptors (Lipinski definition) is 4.